The number of methoxy groups -OCH3 is 1. The molecule has 1 heterocycles. The van der Waals surface area contributed by atoms with Crippen molar-refractivity contribution < 1.29 is 33.4 Å². The second kappa shape index (κ2) is 13.3. The zero-order valence-corrected chi connectivity index (χ0v) is 22.7. The Morgan fingerprint density at radius 2 is 1.60 bits per heavy atom. The zero-order valence-electron chi connectivity index (χ0n) is 22.7. The number of carbonyl (C=O) groups excluding carboxylic acids is 1. The molecule has 0 saturated heterocycles. The molecule has 4 rings (SSSR count). The Morgan fingerprint density at radius 3 is 2.23 bits per heavy atom. The van der Waals surface area contributed by atoms with Gasteiger partial charge in [-0.15, -0.1) is 0 Å². The van der Waals surface area contributed by atoms with Crippen molar-refractivity contribution in [1.82, 2.24) is 10.1 Å². The summed E-state index contributed by atoms with van der Waals surface area (Å²) in [6, 6.07) is 22.5. The summed E-state index contributed by atoms with van der Waals surface area (Å²) in [6.07, 6.45) is 0.0861. The predicted molar refractivity (Wildman–Crippen MR) is 149 cm³/mol. The fourth-order valence-electron chi connectivity index (χ4n) is 4.30. The zero-order chi connectivity index (χ0) is 28.5. The van der Waals surface area contributed by atoms with E-state index in [4.69, 9.17) is 18.7 Å². The fraction of sp³-hybridized carbons (Fsp3) is 0.258. The lowest BCUT2D eigenvalue weighted by Gasteiger charge is -2.27. The van der Waals surface area contributed by atoms with Crippen LogP contribution in [0.15, 0.2) is 83.4 Å². The molecule has 0 bridgehead atoms. The normalized spacial score (nSPS) is 11.5. The van der Waals surface area contributed by atoms with Crippen LogP contribution in [0.2, 0.25) is 0 Å². The lowest BCUT2D eigenvalue weighted by atomic mass is 10.0. The molecule has 0 fully saturated rings. The van der Waals surface area contributed by atoms with Crippen molar-refractivity contribution in [1.29, 1.82) is 0 Å². The van der Waals surface area contributed by atoms with Crippen molar-refractivity contribution in [3.05, 3.63) is 95.7 Å². The van der Waals surface area contributed by atoms with Gasteiger partial charge in [-0.1, -0.05) is 54.5 Å². The van der Waals surface area contributed by atoms with Gasteiger partial charge >= 0.3 is 12.1 Å². The molecule has 0 aliphatic heterocycles. The second-order valence-corrected chi connectivity index (χ2v) is 9.11. The number of nitrogens with zero attached hydrogens (tertiary/aromatic N) is 2. The highest BCUT2D eigenvalue weighted by molar-refractivity contribution is 5.81. The van der Waals surface area contributed by atoms with E-state index in [0.717, 1.165) is 28.1 Å². The molecule has 4 aromatic rings. The first-order valence-electron chi connectivity index (χ1n) is 13.0. The molecular formula is C31H32N2O7. The average molecular weight is 545 g/mol. The van der Waals surface area contributed by atoms with Gasteiger partial charge in [0.25, 0.3) is 0 Å². The van der Waals surface area contributed by atoms with Gasteiger partial charge in [0.2, 0.25) is 0 Å². The van der Waals surface area contributed by atoms with Crippen LogP contribution in [0, 0.1) is 6.92 Å². The second-order valence-electron chi connectivity index (χ2n) is 9.11. The van der Waals surface area contributed by atoms with Crippen LogP contribution in [0.5, 0.6) is 17.2 Å². The Bertz CT molecular complexity index is 1400. The summed E-state index contributed by atoms with van der Waals surface area (Å²) in [6.45, 7) is 4.07. The molecule has 0 aliphatic rings. The van der Waals surface area contributed by atoms with Gasteiger partial charge in [0, 0.05) is 24.1 Å². The number of amides is 1. The molecule has 0 spiro atoms. The Balaban J connectivity index is 1.40. The minimum atomic E-state index is -1.10. The smallest absolute Gasteiger partial charge is 0.416 e. The molecule has 0 aliphatic carbocycles. The Kier molecular flexibility index (Phi) is 9.40. The highest BCUT2D eigenvalue weighted by Gasteiger charge is 2.30. The predicted octanol–water partition coefficient (Wildman–Crippen LogP) is 6.14. The minimum absolute atomic E-state index is 0.0559. The summed E-state index contributed by atoms with van der Waals surface area (Å²) >= 11 is 0. The van der Waals surface area contributed by atoms with Crippen LogP contribution in [0.25, 0.3) is 11.3 Å². The van der Waals surface area contributed by atoms with Crippen molar-refractivity contribution in [3.63, 3.8) is 0 Å². The number of carbonyl (C=O) groups is 2. The largest absolute Gasteiger partial charge is 0.497 e. The SMILES string of the molecule is CCC(C(=O)O)N(Cc1ccc(OCCc2c(-c3ccccc3)noc2C)cc1)C(=O)Oc1ccc(OC)cc1. The van der Waals surface area contributed by atoms with Gasteiger partial charge in [0.05, 0.1) is 13.7 Å². The average Bonchev–Trinajstić information content (AvgIpc) is 3.34. The van der Waals surface area contributed by atoms with E-state index in [1.54, 1.807) is 55.5 Å². The Hall–Kier alpha value is -4.79. The molecule has 208 valence electrons. The molecule has 1 atom stereocenters. The maximum absolute atomic E-state index is 13.0. The van der Waals surface area contributed by atoms with Gasteiger partial charge in [-0.25, -0.2) is 9.59 Å². The van der Waals surface area contributed by atoms with Crippen molar-refractivity contribution in [2.24, 2.45) is 0 Å². The van der Waals surface area contributed by atoms with Crippen molar-refractivity contribution in [3.8, 4) is 28.5 Å². The summed E-state index contributed by atoms with van der Waals surface area (Å²) in [5.74, 6) is 1.20. The van der Waals surface area contributed by atoms with Gasteiger partial charge in [0.15, 0.2) is 0 Å². The molecule has 40 heavy (non-hydrogen) atoms. The molecular weight excluding hydrogens is 512 g/mol. The van der Waals surface area contributed by atoms with E-state index in [9.17, 15) is 14.7 Å². The van der Waals surface area contributed by atoms with E-state index in [2.05, 4.69) is 5.16 Å². The van der Waals surface area contributed by atoms with E-state index in [0.29, 0.717) is 30.3 Å². The number of hydrogen-bond donors (Lipinski definition) is 1. The highest BCUT2D eigenvalue weighted by atomic mass is 16.6. The minimum Gasteiger partial charge on any atom is -0.497 e. The first-order valence-corrected chi connectivity index (χ1v) is 13.0. The number of carboxylic acid groups (broad SMARTS) is 1. The lowest BCUT2D eigenvalue weighted by Crippen LogP contribution is -2.45. The lowest BCUT2D eigenvalue weighted by molar-refractivity contribution is -0.142. The maximum Gasteiger partial charge on any atom is 0.416 e. The van der Waals surface area contributed by atoms with Crippen LogP contribution in [0.3, 0.4) is 0 Å². The number of ether oxygens (including phenoxy) is 3. The van der Waals surface area contributed by atoms with Crippen molar-refractivity contribution in [2.45, 2.75) is 39.3 Å². The highest BCUT2D eigenvalue weighted by Crippen LogP contribution is 2.26. The van der Waals surface area contributed by atoms with Crippen LogP contribution in [0.4, 0.5) is 4.79 Å². The fourth-order valence-corrected chi connectivity index (χ4v) is 4.30. The molecule has 9 heteroatoms. The van der Waals surface area contributed by atoms with Crippen molar-refractivity contribution >= 4 is 12.1 Å². The van der Waals surface area contributed by atoms with Gasteiger partial charge in [-0.3, -0.25) is 4.90 Å². The van der Waals surface area contributed by atoms with Crippen molar-refractivity contribution in [2.75, 3.05) is 13.7 Å². The number of benzene rings is 3. The van der Waals surface area contributed by atoms with E-state index < -0.39 is 18.1 Å². The van der Waals surface area contributed by atoms with E-state index in [1.807, 2.05) is 37.3 Å². The summed E-state index contributed by atoms with van der Waals surface area (Å²) in [5, 5.41) is 14.0. The number of aryl methyl sites for hydroxylation is 1. The van der Waals surface area contributed by atoms with Gasteiger partial charge in [0.1, 0.15) is 34.7 Å². The maximum atomic E-state index is 13.0. The number of aromatic nitrogens is 1. The third-order valence-corrected chi connectivity index (χ3v) is 6.48. The molecule has 1 unspecified atom stereocenters. The summed E-state index contributed by atoms with van der Waals surface area (Å²) < 4.78 is 22.0. The Labute approximate surface area is 232 Å². The van der Waals surface area contributed by atoms with E-state index in [-0.39, 0.29) is 13.0 Å². The van der Waals surface area contributed by atoms with Crippen LogP contribution in [0.1, 0.15) is 30.2 Å². The quantitative estimate of drug-likeness (QED) is 0.226. The molecule has 1 N–H and O–H groups in total. The van der Waals surface area contributed by atoms with E-state index in [1.165, 1.54) is 12.0 Å². The standard InChI is InChI=1S/C31H32N2O7/c1-4-28(30(34)35)33(31(36)39-26-16-14-24(37-3)15-17-26)20-22-10-12-25(13-11-22)38-19-18-27-21(2)40-32-29(27)23-8-6-5-7-9-23/h5-17,28H,4,18-20H2,1-3H3,(H,34,35). The molecule has 9 nitrogen and oxygen atoms in total. The van der Waals surface area contributed by atoms with Crippen LogP contribution in [-0.2, 0) is 17.8 Å². The van der Waals surface area contributed by atoms with Crippen LogP contribution in [-0.4, -0.2) is 47.0 Å². The van der Waals surface area contributed by atoms with Gasteiger partial charge in [-0.05, 0) is 55.3 Å². The van der Waals surface area contributed by atoms with Gasteiger partial charge < -0.3 is 23.8 Å². The first kappa shape index (κ1) is 28.2. The van der Waals surface area contributed by atoms with Crippen LogP contribution < -0.4 is 14.2 Å². The number of hydrogen-bond acceptors (Lipinski definition) is 7. The number of rotatable bonds is 12. The van der Waals surface area contributed by atoms with Crippen LogP contribution >= 0.6 is 0 Å². The van der Waals surface area contributed by atoms with E-state index >= 15 is 0 Å². The summed E-state index contributed by atoms with van der Waals surface area (Å²) in [7, 11) is 1.54. The third kappa shape index (κ3) is 6.99. The first-order chi connectivity index (χ1) is 19.4. The molecule has 0 saturated carbocycles. The molecule has 1 aromatic heterocycles. The monoisotopic (exact) mass is 544 g/mol. The summed E-state index contributed by atoms with van der Waals surface area (Å²) in [5.41, 5.74) is 3.52. The number of carboxylic acids is 1. The third-order valence-electron chi connectivity index (χ3n) is 6.48. The summed E-state index contributed by atoms with van der Waals surface area (Å²) in [4.78, 5) is 26.2. The molecule has 1 amide bonds. The van der Waals surface area contributed by atoms with Gasteiger partial charge in [-0.2, -0.15) is 0 Å². The molecule has 0 radical (unpaired) electrons. The Morgan fingerprint density at radius 1 is 0.950 bits per heavy atom. The number of aliphatic carboxylic acids is 1. The topological polar surface area (TPSA) is 111 Å². The molecule has 3 aromatic carbocycles.